The largest absolute Gasteiger partial charge is 0.355 e. The topological polar surface area (TPSA) is 46.8 Å². The Hall–Kier alpha value is -2.43. The molecule has 0 saturated heterocycles. The van der Waals surface area contributed by atoms with Crippen molar-refractivity contribution in [3.05, 3.63) is 36.8 Å². The van der Waals surface area contributed by atoms with Crippen molar-refractivity contribution in [2.75, 3.05) is 18.0 Å². The maximum Gasteiger partial charge on any atom is 0.160 e. The van der Waals surface area contributed by atoms with Crippen LogP contribution in [0.4, 0.5) is 5.82 Å². The summed E-state index contributed by atoms with van der Waals surface area (Å²) in [4.78, 5) is 11.2. The van der Waals surface area contributed by atoms with E-state index in [4.69, 9.17) is 10.1 Å². The molecule has 3 aromatic heterocycles. The normalized spacial score (nSPS) is 11.2. The van der Waals surface area contributed by atoms with Gasteiger partial charge in [0.2, 0.25) is 0 Å². The molecule has 5 heteroatoms. The number of hydrogen-bond donors (Lipinski definition) is 0. The molecule has 0 unspecified atom stereocenters. The maximum absolute atomic E-state index is 4.93. The van der Waals surface area contributed by atoms with Crippen LogP contribution in [0, 0.1) is 0 Å². The zero-order valence-corrected chi connectivity index (χ0v) is 16.1. The van der Waals surface area contributed by atoms with Crippen LogP contribution in [-0.4, -0.2) is 32.8 Å². The first kappa shape index (κ1) is 18.4. The SMILES string of the molecule is CCCCCCn1nc(N(CC)CC)c2cc(-c3ccncc3)cnc21. The first-order valence-electron chi connectivity index (χ1n) is 9.80. The van der Waals surface area contributed by atoms with Crippen molar-refractivity contribution in [2.24, 2.45) is 0 Å². The minimum atomic E-state index is 0.930. The van der Waals surface area contributed by atoms with Gasteiger partial charge in [0, 0.05) is 43.8 Å². The molecule has 0 atom stereocenters. The minimum Gasteiger partial charge on any atom is -0.355 e. The summed E-state index contributed by atoms with van der Waals surface area (Å²) in [6, 6.07) is 6.27. The molecule has 3 aromatic rings. The molecule has 0 aromatic carbocycles. The predicted octanol–water partition coefficient (Wildman–Crippen LogP) is 4.92. The van der Waals surface area contributed by atoms with Gasteiger partial charge in [-0.15, -0.1) is 0 Å². The van der Waals surface area contributed by atoms with Gasteiger partial charge in [0.05, 0.1) is 5.39 Å². The van der Waals surface area contributed by atoms with E-state index in [9.17, 15) is 0 Å². The van der Waals surface area contributed by atoms with E-state index >= 15 is 0 Å². The van der Waals surface area contributed by atoms with Gasteiger partial charge in [-0.05, 0) is 44.0 Å². The fourth-order valence-corrected chi connectivity index (χ4v) is 3.35. The van der Waals surface area contributed by atoms with Crippen LogP contribution in [0.3, 0.4) is 0 Å². The predicted molar refractivity (Wildman–Crippen MR) is 108 cm³/mol. The maximum atomic E-state index is 4.93. The van der Waals surface area contributed by atoms with Crippen LogP contribution in [-0.2, 0) is 6.54 Å². The van der Waals surface area contributed by atoms with E-state index in [1.807, 2.05) is 30.7 Å². The molecule has 5 nitrogen and oxygen atoms in total. The summed E-state index contributed by atoms with van der Waals surface area (Å²) in [5.41, 5.74) is 3.23. The zero-order chi connectivity index (χ0) is 18.4. The number of rotatable bonds is 9. The zero-order valence-electron chi connectivity index (χ0n) is 16.1. The molecule has 3 heterocycles. The summed E-state index contributed by atoms with van der Waals surface area (Å²) in [6.45, 7) is 9.41. The van der Waals surface area contributed by atoms with Gasteiger partial charge in [-0.1, -0.05) is 26.2 Å². The first-order valence-corrected chi connectivity index (χ1v) is 9.80. The lowest BCUT2D eigenvalue weighted by Crippen LogP contribution is -2.22. The average molecular weight is 351 g/mol. The summed E-state index contributed by atoms with van der Waals surface area (Å²) >= 11 is 0. The van der Waals surface area contributed by atoms with E-state index in [0.29, 0.717) is 0 Å². The molecule has 0 amide bonds. The van der Waals surface area contributed by atoms with Crippen molar-refractivity contribution in [1.82, 2.24) is 19.7 Å². The van der Waals surface area contributed by atoms with E-state index in [1.165, 1.54) is 19.3 Å². The molecule has 0 aliphatic heterocycles. The van der Waals surface area contributed by atoms with Gasteiger partial charge < -0.3 is 4.90 Å². The highest BCUT2D eigenvalue weighted by Gasteiger charge is 2.16. The van der Waals surface area contributed by atoms with Crippen molar-refractivity contribution in [2.45, 2.75) is 53.0 Å². The summed E-state index contributed by atoms with van der Waals surface area (Å²) in [7, 11) is 0. The second kappa shape index (κ2) is 8.79. The summed E-state index contributed by atoms with van der Waals surface area (Å²) < 4.78 is 2.09. The van der Waals surface area contributed by atoms with E-state index in [1.54, 1.807) is 0 Å². The Morgan fingerprint density at radius 2 is 1.73 bits per heavy atom. The number of anilines is 1. The number of fused-ring (bicyclic) bond motifs is 1. The van der Waals surface area contributed by atoms with Gasteiger partial charge in [-0.2, -0.15) is 5.10 Å². The summed E-state index contributed by atoms with van der Waals surface area (Å²) in [6.07, 6.45) is 10.5. The van der Waals surface area contributed by atoms with Crippen molar-refractivity contribution in [3.8, 4) is 11.1 Å². The van der Waals surface area contributed by atoms with Crippen molar-refractivity contribution in [3.63, 3.8) is 0 Å². The van der Waals surface area contributed by atoms with Crippen LogP contribution < -0.4 is 4.90 Å². The molecule has 3 rings (SSSR count). The minimum absolute atomic E-state index is 0.930. The number of aryl methyl sites for hydroxylation is 1. The second-order valence-electron chi connectivity index (χ2n) is 6.61. The highest BCUT2D eigenvalue weighted by Crippen LogP contribution is 2.29. The standard InChI is InChI=1S/C21H29N5/c1-4-7-8-9-14-26-20-19(21(24-26)25(5-2)6-3)15-18(16-23-20)17-10-12-22-13-11-17/h10-13,15-16H,4-9,14H2,1-3H3. The number of hydrogen-bond acceptors (Lipinski definition) is 4. The van der Waals surface area contributed by atoms with E-state index < -0.39 is 0 Å². The lowest BCUT2D eigenvalue weighted by Gasteiger charge is -2.18. The number of nitrogens with zero attached hydrogens (tertiary/aromatic N) is 5. The molecule has 0 fully saturated rings. The molecule has 0 radical (unpaired) electrons. The molecule has 138 valence electrons. The van der Waals surface area contributed by atoms with Crippen LogP contribution in [0.15, 0.2) is 36.8 Å². The van der Waals surface area contributed by atoms with Crippen molar-refractivity contribution in [1.29, 1.82) is 0 Å². The Kier molecular flexibility index (Phi) is 6.21. The molecule has 0 aliphatic carbocycles. The van der Waals surface area contributed by atoms with Crippen molar-refractivity contribution < 1.29 is 0 Å². The Morgan fingerprint density at radius 1 is 0.962 bits per heavy atom. The van der Waals surface area contributed by atoms with E-state index in [2.05, 4.69) is 41.4 Å². The number of pyridine rings is 2. The van der Waals surface area contributed by atoms with Crippen LogP contribution in [0.2, 0.25) is 0 Å². The molecule has 0 bridgehead atoms. The summed E-state index contributed by atoms with van der Waals surface area (Å²) in [5.74, 6) is 1.05. The van der Waals surface area contributed by atoms with Gasteiger partial charge in [0.15, 0.2) is 11.5 Å². The van der Waals surface area contributed by atoms with Gasteiger partial charge >= 0.3 is 0 Å². The lowest BCUT2D eigenvalue weighted by atomic mass is 10.1. The van der Waals surface area contributed by atoms with Crippen LogP contribution in [0.25, 0.3) is 22.2 Å². The number of unbranched alkanes of at least 4 members (excludes halogenated alkanes) is 3. The van der Waals surface area contributed by atoms with Crippen LogP contribution in [0.1, 0.15) is 46.5 Å². The van der Waals surface area contributed by atoms with Gasteiger partial charge in [-0.3, -0.25) is 4.98 Å². The van der Waals surface area contributed by atoms with Gasteiger partial charge in [0.25, 0.3) is 0 Å². The van der Waals surface area contributed by atoms with Crippen molar-refractivity contribution >= 4 is 16.9 Å². The molecule has 0 spiro atoms. The Bertz CT molecular complexity index is 821. The molecule has 0 aliphatic rings. The Labute approximate surface area is 156 Å². The Balaban J connectivity index is 2.01. The third-order valence-electron chi connectivity index (χ3n) is 4.87. The third-order valence-corrected chi connectivity index (χ3v) is 4.87. The fourth-order valence-electron chi connectivity index (χ4n) is 3.35. The highest BCUT2D eigenvalue weighted by atomic mass is 15.4. The van der Waals surface area contributed by atoms with Crippen LogP contribution >= 0.6 is 0 Å². The van der Waals surface area contributed by atoms with E-state index in [0.717, 1.165) is 54.0 Å². The molecule has 0 N–H and O–H groups in total. The van der Waals surface area contributed by atoms with Crippen LogP contribution in [0.5, 0.6) is 0 Å². The van der Waals surface area contributed by atoms with Gasteiger partial charge in [0.1, 0.15) is 0 Å². The fraction of sp³-hybridized carbons (Fsp3) is 0.476. The first-order chi connectivity index (χ1) is 12.8. The average Bonchev–Trinajstić information content (AvgIpc) is 3.05. The number of aromatic nitrogens is 4. The summed E-state index contributed by atoms with van der Waals surface area (Å²) in [5, 5.41) is 6.07. The van der Waals surface area contributed by atoms with Gasteiger partial charge in [-0.25, -0.2) is 9.67 Å². The monoisotopic (exact) mass is 351 g/mol. The molecule has 26 heavy (non-hydrogen) atoms. The molecular weight excluding hydrogens is 322 g/mol. The quantitative estimate of drug-likeness (QED) is 0.513. The third kappa shape index (κ3) is 3.87. The highest BCUT2D eigenvalue weighted by molar-refractivity contribution is 5.91. The smallest absolute Gasteiger partial charge is 0.160 e. The Morgan fingerprint density at radius 3 is 2.42 bits per heavy atom. The lowest BCUT2D eigenvalue weighted by molar-refractivity contribution is 0.549. The molecular formula is C21H29N5. The second-order valence-corrected chi connectivity index (χ2v) is 6.61. The molecule has 0 saturated carbocycles. The van der Waals surface area contributed by atoms with E-state index in [-0.39, 0.29) is 0 Å².